The number of hydrogen-bond acceptors (Lipinski definition) is 9. The number of nitrogens with two attached hydrogens (primary N) is 1. The van der Waals surface area contributed by atoms with Crippen LogP contribution in [0, 0.1) is 16.0 Å². The third kappa shape index (κ3) is 7.48. The Balaban J connectivity index is 2.16. The molecule has 5 amide bonds. The van der Waals surface area contributed by atoms with Crippen LogP contribution in [-0.4, -0.2) is 75.3 Å². The number of urea groups is 1. The Kier molecular flexibility index (Phi) is 9.87. The number of aliphatic imine (C=N–C) groups is 1. The highest BCUT2D eigenvalue weighted by Crippen LogP contribution is 2.22. The summed E-state index contributed by atoms with van der Waals surface area (Å²) in [6, 6.07) is 3.42. The Morgan fingerprint density at radius 3 is 2.25 bits per heavy atom. The molecule has 1 heterocycles. The number of carbonyl (C=O) groups is 4. The first kappa shape index (κ1) is 28.2. The molecule has 0 saturated heterocycles. The number of nitro groups is 1. The van der Waals surface area contributed by atoms with Gasteiger partial charge in [0, 0.05) is 6.54 Å². The van der Waals surface area contributed by atoms with Gasteiger partial charge in [-0.15, -0.1) is 0 Å². The van der Waals surface area contributed by atoms with E-state index in [9.17, 15) is 39.3 Å². The van der Waals surface area contributed by atoms with Crippen molar-refractivity contribution in [2.75, 3.05) is 6.54 Å². The first-order valence-electron chi connectivity index (χ1n) is 11.1. The van der Waals surface area contributed by atoms with Crippen molar-refractivity contribution in [2.24, 2.45) is 16.6 Å². The second kappa shape index (κ2) is 12.6. The Labute approximate surface area is 206 Å². The second-order valence-corrected chi connectivity index (χ2v) is 8.43. The molecule has 1 aliphatic rings. The van der Waals surface area contributed by atoms with Gasteiger partial charge < -0.3 is 26.4 Å². The van der Waals surface area contributed by atoms with Crippen molar-refractivity contribution < 1.29 is 34.3 Å². The van der Waals surface area contributed by atoms with Crippen LogP contribution in [0.15, 0.2) is 29.3 Å². The quantitative estimate of drug-likeness (QED) is 0.0399. The predicted molar refractivity (Wildman–Crippen MR) is 127 cm³/mol. The monoisotopic (exact) mass is 505 g/mol. The standard InChI is InChI=1S/C20H28BN7O8/c1-11(2)10-15(21(33)34)25-16(29)14(8-5-9-23-19(22)26-28(35)36)24-20(32)27-17(30)12-6-3-4-7-13(12)18(27)31/h3-4,6-7,11,14-15,33-34H,5,8-10H2,1-2H3,(H,24,32)(H,25,29)(H3,22,23,26)/t14-,15-/m0/s1. The lowest BCUT2D eigenvalue weighted by atomic mass is 9.75. The fourth-order valence-corrected chi connectivity index (χ4v) is 3.53. The molecule has 0 radical (unpaired) electrons. The zero-order valence-corrected chi connectivity index (χ0v) is 19.7. The molecule has 2 atom stereocenters. The van der Waals surface area contributed by atoms with Gasteiger partial charge >= 0.3 is 13.1 Å². The van der Waals surface area contributed by atoms with E-state index in [1.807, 2.05) is 13.8 Å². The molecule has 0 aromatic heterocycles. The van der Waals surface area contributed by atoms with E-state index in [1.54, 1.807) is 5.43 Å². The van der Waals surface area contributed by atoms with E-state index in [1.165, 1.54) is 24.3 Å². The third-order valence-corrected chi connectivity index (χ3v) is 5.16. The highest BCUT2D eigenvalue weighted by molar-refractivity contribution is 6.43. The fourth-order valence-electron chi connectivity index (χ4n) is 3.53. The number of fused-ring (bicyclic) bond motifs is 1. The summed E-state index contributed by atoms with van der Waals surface area (Å²) in [4.78, 5) is 65.5. The van der Waals surface area contributed by atoms with E-state index in [0.717, 1.165) is 0 Å². The van der Waals surface area contributed by atoms with Crippen molar-refractivity contribution in [1.82, 2.24) is 21.0 Å². The molecule has 1 aromatic carbocycles. The van der Waals surface area contributed by atoms with E-state index >= 15 is 0 Å². The van der Waals surface area contributed by atoms with E-state index < -0.39 is 53.8 Å². The molecule has 0 aliphatic carbocycles. The van der Waals surface area contributed by atoms with Gasteiger partial charge in [-0.25, -0.2) is 19.9 Å². The molecule has 36 heavy (non-hydrogen) atoms. The SMILES string of the molecule is CC(C)C[C@H](NC(=O)[C@H](CCCN=C(N)N[N+](=O)[O-])NC(=O)N1C(=O)c2ccccc2C1=O)B(O)O. The lowest BCUT2D eigenvalue weighted by Crippen LogP contribution is -2.56. The number of guanidine groups is 1. The van der Waals surface area contributed by atoms with Gasteiger partial charge in [-0.2, -0.15) is 4.90 Å². The highest BCUT2D eigenvalue weighted by atomic mass is 16.7. The van der Waals surface area contributed by atoms with Gasteiger partial charge in [0.15, 0.2) is 5.03 Å². The van der Waals surface area contributed by atoms with Gasteiger partial charge in [-0.1, -0.05) is 31.4 Å². The summed E-state index contributed by atoms with van der Waals surface area (Å²) < 4.78 is 0. The van der Waals surface area contributed by atoms with Gasteiger partial charge in [0.1, 0.15) is 6.04 Å². The Bertz CT molecular complexity index is 1010. The number of imide groups is 3. The number of nitrogens with zero attached hydrogens (tertiary/aromatic N) is 3. The first-order valence-corrected chi connectivity index (χ1v) is 11.1. The fraction of sp³-hybridized carbons (Fsp3) is 0.450. The topological polar surface area (TPSA) is 230 Å². The number of nitrogens with one attached hydrogen (secondary N) is 3. The van der Waals surface area contributed by atoms with Crippen molar-refractivity contribution in [3.05, 3.63) is 45.5 Å². The second-order valence-electron chi connectivity index (χ2n) is 8.43. The molecule has 0 saturated carbocycles. The van der Waals surface area contributed by atoms with Gasteiger partial charge in [0.25, 0.3) is 17.8 Å². The normalized spacial score (nSPS) is 14.8. The summed E-state index contributed by atoms with van der Waals surface area (Å²) in [6.45, 7) is 3.56. The predicted octanol–water partition coefficient (Wildman–Crippen LogP) is -1.22. The Morgan fingerprint density at radius 1 is 1.17 bits per heavy atom. The van der Waals surface area contributed by atoms with Crippen LogP contribution < -0.4 is 21.8 Å². The van der Waals surface area contributed by atoms with Crippen LogP contribution in [-0.2, 0) is 4.79 Å². The Morgan fingerprint density at radius 2 is 1.75 bits per heavy atom. The molecule has 0 spiro atoms. The highest BCUT2D eigenvalue weighted by Gasteiger charge is 2.41. The minimum Gasteiger partial charge on any atom is -0.426 e. The Hall–Kier alpha value is -4.05. The van der Waals surface area contributed by atoms with Gasteiger partial charge in [-0.05, 0) is 37.3 Å². The van der Waals surface area contributed by atoms with E-state index in [4.69, 9.17) is 5.73 Å². The number of hydrogen-bond donors (Lipinski definition) is 6. The number of amides is 5. The maximum atomic E-state index is 12.9. The van der Waals surface area contributed by atoms with Gasteiger partial charge in [0.2, 0.25) is 5.91 Å². The molecule has 0 unspecified atom stereocenters. The average Bonchev–Trinajstić information content (AvgIpc) is 3.04. The largest absolute Gasteiger partial charge is 0.475 e. The van der Waals surface area contributed by atoms with E-state index in [0.29, 0.717) is 4.90 Å². The van der Waals surface area contributed by atoms with E-state index in [-0.39, 0.29) is 42.9 Å². The molecule has 194 valence electrons. The summed E-state index contributed by atoms with van der Waals surface area (Å²) in [7, 11) is -1.87. The van der Waals surface area contributed by atoms with Crippen LogP contribution in [0.25, 0.3) is 0 Å². The zero-order chi connectivity index (χ0) is 27.0. The molecule has 16 heteroatoms. The average molecular weight is 505 g/mol. The number of hydrazine groups is 1. The minimum absolute atomic E-state index is 0.00473. The van der Waals surface area contributed by atoms with Crippen molar-refractivity contribution in [3.8, 4) is 0 Å². The summed E-state index contributed by atoms with van der Waals surface area (Å²) in [6.07, 6.45) is 0.249. The molecule has 7 N–H and O–H groups in total. The van der Waals surface area contributed by atoms with Crippen LogP contribution in [0.1, 0.15) is 53.8 Å². The molecule has 1 aliphatic heterocycles. The van der Waals surface area contributed by atoms with Gasteiger partial charge in [0.05, 0.1) is 17.1 Å². The van der Waals surface area contributed by atoms with Crippen LogP contribution >= 0.6 is 0 Å². The molecular weight excluding hydrogens is 477 g/mol. The van der Waals surface area contributed by atoms with Crippen LogP contribution in [0.2, 0.25) is 0 Å². The third-order valence-electron chi connectivity index (χ3n) is 5.16. The first-order chi connectivity index (χ1) is 16.9. The molecule has 0 bridgehead atoms. The smallest absolute Gasteiger partial charge is 0.426 e. The molecule has 1 aromatic rings. The van der Waals surface area contributed by atoms with Crippen LogP contribution in [0.5, 0.6) is 0 Å². The molecule has 0 fully saturated rings. The lowest BCUT2D eigenvalue weighted by molar-refractivity contribution is -0.525. The summed E-state index contributed by atoms with van der Waals surface area (Å²) >= 11 is 0. The summed E-state index contributed by atoms with van der Waals surface area (Å²) in [5.41, 5.74) is 7.09. The molecule has 2 rings (SSSR count). The maximum absolute atomic E-state index is 12.9. The van der Waals surface area contributed by atoms with E-state index in [2.05, 4.69) is 15.6 Å². The summed E-state index contributed by atoms with van der Waals surface area (Å²) in [5.74, 6) is -4.00. The zero-order valence-electron chi connectivity index (χ0n) is 19.7. The molecular formula is C20H28BN7O8. The van der Waals surface area contributed by atoms with Crippen molar-refractivity contribution in [1.29, 1.82) is 0 Å². The van der Waals surface area contributed by atoms with Gasteiger partial charge in [-0.3, -0.25) is 14.4 Å². The van der Waals surface area contributed by atoms with Crippen molar-refractivity contribution in [2.45, 2.75) is 45.1 Å². The van der Waals surface area contributed by atoms with Crippen molar-refractivity contribution in [3.63, 3.8) is 0 Å². The van der Waals surface area contributed by atoms with Crippen LogP contribution in [0.3, 0.4) is 0 Å². The van der Waals surface area contributed by atoms with Crippen molar-refractivity contribution >= 4 is 36.8 Å². The maximum Gasteiger partial charge on any atom is 0.475 e. The number of carbonyl (C=O) groups excluding carboxylic acids is 4. The minimum atomic E-state index is -1.87. The lowest BCUT2D eigenvalue weighted by Gasteiger charge is -2.25. The van der Waals surface area contributed by atoms with Crippen LogP contribution in [0.4, 0.5) is 4.79 Å². The summed E-state index contributed by atoms with van der Waals surface area (Å²) in [5, 5.41) is 33.5. The molecule has 15 nitrogen and oxygen atoms in total. The number of rotatable bonds is 11. The number of benzene rings is 1.